The molecule has 5 heteroatoms. The number of aliphatic hydroxyl groups is 1. The third kappa shape index (κ3) is 3.39. The Morgan fingerprint density at radius 1 is 1.07 bits per heavy atom. The van der Waals surface area contributed by atoms with Crippen LogP contribution in [0.1, 0.15) is 36.0 Å². The second-order valence-electron chi connectivity index (χ2n) is 7.44. The molecule has 4 rings (SSSR count). The Balaban J connectivity index is 0.00000210. The van der Waals surface area contributed by atoms with Crippen LogP contribution in [0.25, 0.3) is 0 Å². The first-order chi connectivity index (χ1) is 12.5. The highest BCUT2D eigenvalue weighted by atomic mass is 79.9. The van der Waals surface area contributed by atoms with Crippen LogP contribution in [0.3, 0.4) is 0 Å². The molecule has 2 heterocycles. The Labute approximate surface area is 171 Å². The molecule has 1 N–H and O–H groups in total. The molecular formula is C22H27BrN2O2. The molecule has 2 aliphatic heterocycles. The van der Waals surface area contributed by atoms with Gasteiger partial charge in [0.1, 0.15) is 11.4 Å². The van der Waals surface area contributed by atoms with E-state index in [0.29, 0.717) is 6.54 Å². The number of ether oxygens (including phenoxy) is 1. The van der Waals surface area contributed by atoms with Crippen molar-refractivity contribution >= 4 is 11.5 Å². The summed E-state index contributed by atoms with van der Waals surface area (Å²) in [4.78, 5) is 2.28. The third-order valence-electron chi connectivity index (χ3n) is 5.68. The van der Waals surface area contributed by atoms with Crippen LogP contribution in [0.15, 0.2) is 42.5 Å². The van der Waals surface area contributed by atoms with Crippen molar-refractivity contribution < 1.29 is 31.4 Å². The predicted octanol–water partition coefficient (Wildman–Crippen LogP) is 0.576. The molecule has 1 atom stereocenters. The van der Waals surface area contributed by atoms with E-state index in [1.54, 1.807) is 7.11 Å². The molecule has 0 aromatic heterocycles. The van der Waals surface area contributed by atoms with Crippen LogP contribution < -0.4 is 26.6 Å². The highest BCUT2D eigenvalue weighted by Crippen LogP contribution is 2.37. The summed E-state index contributed by atoms with van der Waals surface area (Å²) in [5, 5.41) is 11.8. The average molecular weight is 431 g/mol. The van der Waals surface area contributed by atoms with Crippen LogP contribution in [0.2, 0.25) is 0 Å². The van der Waals surface area contributed by atoms with Crippen LogP contribution in [-0.2, 0) is 5.72 Å². The summed E-state index contributed by atoms with van der Waals surface area (Å²) in [5.41, 5.74) is 3.51. The number of benzene rings is 2. The summed E-state index contributed by atoms with van der Waals surface area (Å²) in [6.45, 7) is 5.64. The number of anilines is 1. The number of rotatable bonds is 3. The van der Waals surface area contributed by atoms with E-state index in [1.807, 2.05) is 12.1 Å². The van der Waals surface area contributed by atoms with Gasteiger partial charge in [-0.2, -0.15) is 0 Å². The zero-order valence-corrected chi connectivity index (χ0v) is 17.8. The van der Waals surface area contributed by atoms with Crippen LogP contribution in [0.4, 0.5) is 5.69 Å². The van der Waals surface area contributed by atoms with E-state index in [-0.39, 0.29) is 17.0 Å². The minimum Gasteiger partial charge on any atom is -1.00 e. The van der Waals surface area contributed by atoms with Crippen molar-refractivity contribution in [2.75, 3.05) is 25.1 Å². The standard InChI is InChI=1S/C22H27N2O2.BrH/c1-16-7-12-20(17(2)14-16)22(25)15-23(21-6-4-5-13-24(21)22)18-8-10-19(26-3)11-9-18;/h7-12,14,25H,4-6,13,15H2,1-3H3;1H/q+1;/p-1. The molecule has 0 fully saturated rings. The molecule has 0 saturated carbocycles. The van der Waals surface area contributed by atoms with Gasteiger partial charge in [0.2, 0.25) is 0 Å². The fourth-order valence-electron chi connectivity index (χ4n) is 4.39. The second kappa shape index (κ2) is 7.64. The summed E-state index contributed by atoms with van der Waals surface area (Å²) in [6, 6.07) is 14.5. The van der Waals surface area contributed by atoms with Crippen molar-refractivity contribution in [1.82, 2.24) is 0 Å². The van der Waals surface area contributed by atoms with Gasteiger partial charge in [0.05, 0.1) is 13.7 Å². The van der Waals surface area contributed by atoms with Crippen LogP contribution in [-0.4, -0.2) is 35.7 Å². The van der Waals surface area contributed by atoms with E-state index in [1.165, 1.54) is 17.8 Å². The van der Waals surface area contributed by atoms with E-state index in [0.717, 1.165) is 42.0 Å². The lowest BCUT2D eigenvalue weighted by Crippen LogP contribution is -3.00. The van der Waals surface area contributed by atoms with Gasteiger partial charge < -0.3 is 26.8 Å². The number of aryl methyl sites for hydroxylation is 2. The fourth-order valence-corrected chi connectivity index (χ4v) is 4.39. The number of β-amino-alcohol motifs (C(OH)–C–C–N with tert-alkyl or cyclic N) is 1. The molecule has 0 bridgehead atoms. The van der Waals surface area contributed by atoms with Crippen molar-refractivity contribution in [2.45, 2.75) is 38.8 Å². The molecule has 27 heavy (non-hydrogen) atoms. The minimum atomic E-state index is -0.979. The van der Waals surface area contributed by atoms with Gasteiger partial charge in [0.15, 0.2) is 6.54 Å². The third-order valence-corrected chi connectivity index (χ3v) is 5.68. The Bertz CT molecular complexity index is 863. The van der Waals surface area contributed by atoms with E-state index in [2.05, 4.69) is 53.7 Å². The van der Waals surface area contributed by atoms with Gasteiger partial charge in [0, 0.05) is 12.0 Å². The first-order valence-electron chi connectivity index (χ1n) is 9.38. The zero-order valence-electron chi connectivity index (χ0n) is 16.2. The second-order valence-corrected chi connectivity index (χ2v) is 7.44. The molecule has 2 aromatic carbocycles. The van der Waals surface area contributed by atoms with E-state index in [4.69, 9.17) is 4.74 Å². The van der Waals surface area contributed by atoms with Gasteiger partial charge in [-0.3, -0.25) is 0 Å². The quantitative estimate of drug-likeness (QED) is 0.723. The molecule has 144 valence electrons. The number of amidine groups is 1. The Morgan fingerprint density at radius 2 is 1.81 bits per heavy atom. The van der Waals surface area contributed by atoms with Crippen LogP contribution in [0.5, 0.6) is 5.75 Å². The van der Waals surface area contributed by atoms with Crippen molar-refractivity contribution in [3.8, 4) is 5.75 Å². The molecule has 0 aliphatic carbocycles. The Hall–Kier alpha value is -1.85. The van der Waals surface area contributed by atoms with E-state index in [9.17, 15) is 5.11 Å². The number of halogens is 1. The van der Waals surface area contributed by atoms with Crippen LogP contribution in [0, 0.1) is 13.8 Å². The zero-order chi connectivity index (χ0) is 18.3. The fraction of sp³-hybridized carbons (Fsp3) is 0.409. The monoisotopic (exact) mass is 430 g/mol. The van der Waals surface area contributed by atoms with Gasteiger partial charge in [-0.25, -0.2) is 9.48 Å². The van der Waals surface area contributed by atoms with Gasteiger partial charge in [-0.1, -0.05) is 23.8 Å². The van der Waals surface area contributed by atoms with Crippen LogP contribution >= 0.6 is 0 Å². The van der Waals surface area contributed by atoms with Crippen molar-refractivity contribution in [2.24, 2.45) is 0 Å². The average Bonchev–Trinajstić information content (AvgIpc) is 2.96. The molecule has 2 aromatic rings. The highest BCUT2D eigenvalue weighted by molar-refractivity contribution is 5.96. The molecule has 0 spiro atoms. The largest absolute Gasteiger partial charge is 1.00 e. The lowest BCUT2D eigenvalue weighted by Gasteiger charge is -2.26. The molecular weight excluding hydrogens is 404 g/mol. The maximum atomic E-state index is 11.8. The van der Waals surface area contributed by atoms with Gasteiger partial charge in [-0.05, 0) is 56.5 Å². The summed E-state index contributed by atoms with van der Waals surface area (Å²) in [6.07, 6.45) is 3.29. The smallest absolute Gasteiger partial charge is 0.271 e. The minimum absolute atomic E-state index is 0. The van der Waals surface area contributed by atoms with Gasteiger partial charge in [-0.15, -0.1) is 0 Å². The number of nitrogens with zero attached hydrogens (tertiary/aromatic N) is 2. The molecule has 1 unspecified atom stereocenters. The van der Waals surface area contributed by atoms with Gasteiger partial charge >= 0.3 is 0 Å². The molecule has 0 saturated heterocycles. The first-order valence-corrected chi connectivity index (χ1v) is 9.38. The Morgan fingerprint density at radius 3 is 2.48 bits per heavy atom. The van der Waals surface area contributed by atoms with Crippen molar-refractivity contribution in [3.63, 3.8) is 0 Å². The van der Waals surface area contributed by atoms with E-state index >= 15 is 0 Å². The van der Waals surface area contributed by atoms with Crippen molar-refractivity contribution in [3.05, 3.63) is 59.2 Å². The van der Waals surface area contributed by atoms with Gasteiger partial charge in [0.25, 0.3) is 11.6 Å². The molecule has 4 nitrogen and oxygen atoms in total. The molecule has 0 amide bonds. The normalized spacial score (nSPS) is 21.7. The first kappa shape index (κ1) is 19.9. The number of hydrogen-bond donors (Lipinski definition) is 1. The maximum absolute atomic E-state index is 11.8. The Kier molecular flexibility index (Phi) is 5.63. The number of methoxy groups -OCH3 is 1. The summed E-state index contributed by atoms with van der Waals surface area (Å²) in [7, 11) is 1.68. The molecule has 2 aliphatic rings. The summed E-state index contributed by atoms with van der Waals surface area (Å²) < 4.78 is 7.51. The lowest BCUT2D eigenvalue weighted by atomic mass is 9.95. The maximum Gasteiger partial charge on any atom is 0.271 e. The SMILES string of the molecule is COc1ccc(N2CC(O)(c3ccc(C)cc3C)[N+]3=C2CCCC3)cc1.[Br-]. The number of hydrogen-bond acceptors (Lipinski definition) is 3. The van der Waals surface area contributed by atoms with Crippen molar-refractivity contribution in [1.29, 1.82) is 0 Å². The summed E-state index contributed by atoms with van der Waals surface area (Å²) in [5.74, 6) is 2.08. The summed E-state index contributed by atoms with van der Waals surface area (Å²) >= 11 is 0. The highest BCUT2D eigenvalue weighted by Gasteiger charge is 2.53. The topological polar surface area (TPSA) is 35.7 Å². The lowest BCUT2D eigenvalue weighted by molar-refractivity contribution is -0.661. The molecule has 0 radical (unpaired) electrons. The van der Waals surface area contributed by atoms with E-state index < -0.39 is 5.72 Å². The predicted molar refractivity (Wildman–Crippen MR) is 104 cm³/mol.